The molecular formula is C24H24ClNO4. The van der Waals surface area contributed by atoms with Crippen LogP contribution in [0, 0.1) is 19.8 Å². The van der Waals surface area contributed by atoms with Crippen LogP contribution in [-0.4, -0.2) is 28.7 Å². The SMILES string of the molecule is COc1cc2c(C(C(=O)O)C3CCC3)c(C)n(C(=O)c3ccc(C)cc3)c2cc1Cl. The molecule has 1 saturated carbocycles. The predicted molar refractivity (Wildman–Crippen MR) is 117 cm³/mol. The molecule has 1 aliphatic rings. The number of ether oxygens (including phenoxy) is 1. The van der Waals surface area contributed by atoms with E-state index < -0.39 is 11.9 Å². The van der Waals surface area contributed by atoms with Crippen molar-refractivity contribution in [2.45, 2.75) is 39.0 Å². The maximum absolute atomic E-state index is 13.5. The van der Waals surface area contributed by atoms with E-state index >= 15 is 0 Å². The first kappa shape index (κ1) is 20.5. The van der Waals surface area contributed by atoms with Crippen molar-refractivity contribution in [3.05, 3.63) is 63.8 Å². The standard InChI is InChI=1S/C24H24ClNO4/c1-13-7-9-16(10-8-13)23(27)26-14(2)21(22(24(28)29)15-5-4-6-15)17-11-20(30-3)18(25)12-19(17)26/h7-12,15,22H,4-6H2,1-3H3,(H,28,29). The van der Waals surface area contributed by atoms with E-state index in [0.717, 1.165) is 24.8 Å². The monoisotopic (exact) mass is 425 g/mol. The van der Waals surface area contributed by atoms with Gasteiger partial charge in [0.25, 0.3) is 5.91 Å². The fourth-order valence-corrected chi connectivity index (χ4v) is 4.64. The summed E-state index contributed by atoms with van der Waals surface area (Å²) in [7, 11) is 1.52. The van der Waals surface area contributed by atoms with Crippen molar-refractivity contribution in [1.29, 1.82) is 0 Å². The number of methoxy groups -OCH3 is 1. The molecule has 30 heavy (non-hydrogen) atoms. The van der Waals surface area contributed by atoms with Gasteiger partial charge in [-0.1, -0.05) is 35.7 Å². The van der Waals surface area contributed by atoms with Gasteiger partial charge in [0.1, 0.15) is 5.75 Å². The second-order valence-electron chi connectivity index (χ2n) is 8.02. The summed E-state index contributed by atoms with van der Waals surface area (Å²) in [6.45, 7) is 3.78. The van der Waals surface area contributed by atoms with E-state index in [1.807, 2.05) is 26.0 Å². The second-order valence-corrected chi connectivity index (χ2v) is 8.42. The third kappa shape index (κ3) is 3.27. The molecule has 1 unspecified atom stereocenters. The van der Waals surface area contributed by atoms with Gasteiger partial charge in [0.15, 0.2) is 0 Å². The summed E-state index contributed by atoms with van der Waals surface area (Å²) in [6.07, 6.45) is 2.78. The summed E-state index contributed by atoms with van der Waals surface area (Å²) in [5.41, 5.74) is 3.51. The number of aromatic nitrogens is 1. The molecule has 3 aromatic rings. The smallest absolute Gasteiger partial charge is 0.311 e. The highest BCUT2D eigenvalue weighted by Crippen LogP contribution is 2.45. The van der Waals surface area contributed by atoms with Crippen molar-refractivity contribution < 1.29 is 19.4 Å². The number of hydrogen-bond donors (Lipinski definition) is 1. The number of carbonyl (C=O) groups is 2. The van der Waals surface area contributed by atoms with Gasteiger partial charge in [-0.05, 0) is 62.4 Å². The molecule has 1 atom stereocenters. The summed E-state index contributed by atoms with van der Waals surface area (Å²) in [5.74, 6) is -1.21. The Labute approximate surface area is 180 Å². The zero-order chi connectivity index (χ0) is 21.6. The summed E-state index contributed by atoms with van der Waals surface area (Å²) < 4.78 is 6.98. The predicted octanol–water partition coefficient (Wildman–Crippen LogP) is 5.58. The number of carboxylic acid groups (broad SMARTS) is 1. The third-order valence-corrected chi connectivity index (χ3v) is 6.52. The molecule has 4 rings (SSSR count). The molecule has 0 bridgehead atoms. The van der Waals surface area contributed by atoms with Crippen molar-refractivity contribution in [3.8, 4) is 5.75 Å². The molecule has 0 radical (unpaired) electrons. The largest absolute Gasteiger partial charge is 0.495 e. The van der Waals surface area contributed by atoms with Crippen LogP contribution in [0.1, 0.15) is 52.4 Å². The number of nitrogens with zero attached hydrogens (tertiary/aromatic N) is 1. The van der Waals surface area contributed by atoms with Crippen LogP contribution in [-0.2, 0) is 4.79 Å². The number of aryl methyl sites for hydroxylation is 1. The Morgan fingerprint density at radius 2 is 1.83 bits per heavy atom. The molecule has 6 heteroatoms. The number of halogens is 1. The first-order chi connectivity index (χ1) is 14.3. The minimum Gasteiger partial charge on any atom is -0.495 e. The minimum absolute atomic E-state index is 0.0661. The summed E-state index contributed by atoms with van der Waals surface area (Å²) in [5, 5.41) is 11.2. The first-order valence-corrected chi connectivity index (χ1v) is 10.4. The molecule has 1 fully saturated rings. The Morgan fingerprint density at radius 3 is 2.37 bits per heavy atom. The van der Waals surface area contributed by atoms with E-state index in [1.165, 1.54) is 7.11 Å². The van der Waals surface area contributed by atoms with Gasteiger partial charge in [-0.2, -0.15) is 0 Å². The van der Waals surface area contributed by atoms with Gasteiger partial charge in [0, 0.05) is 16.6 Å². The van der Waals surface area contributed by atoms with E-state index in [2.05, 4.69) is 0 Å². The quantitative estimate of drug-likeness (QED) is 0.579. The lowest BCUT2D eigenvalue weighted by Crippen LogP contribution is -2.27. The lowest BCUT2D eigenvalue weighted by atomic mass is 9.72. The van der Waals surface area contributed by atoms with E-state index in [9.17, 15) is 14.7 Å². The Kier molecular flexibility index (Phi) is 5.33. The van der Waals surface area contributed by atoms with Gasteiger partial charge in [-0.15, -0.1) is 0 Å². The van der Waals surface area contributed by atoms with Crippen LogP contribution < -0.4 is 4.74 Å². The number of hydrogen-bond acceptors (Lipinski definition) is 3. The van der Waals surface area contributed by atoms with Crippen molar-refractivity contribution in [1.82, 2.24) is 4.57 Å². The number of carbonyl (C=O) groups excluding carboxylic acids is 1. The molecule has 5 nitrogen and oxygen atoms in total. The van der Waals surface area contributed by atoms with Crippen LogP contribution in [0.15, 0.2) is 36.4 Å². The van der Waals surface area contributed by atoms with Gasteiger partial charge in [-0.25, -0.2) is 0 Å². The highest BCUT2D eigenvalue weighted by Gasteiger charge is 2.38. The second kappa shape index (κ2) is 7.80. The Balaban J connectivity index is 1.99. The van der Waals surface area contributed by atoms with E-state index in [0.29, 0.717) is 38.5 Å². The van der Waals surface area contributed by atoms with E-state index in [4.69, 9.17) is 16.3 Å². The molecule has 1 N–H and O–H groups in total. The highest BCUT2D eigenvalue weighted by molar-refractivity contribution is 6.33. The van der Waals surface area contributed by atoms with E-state index in [-0.39, 0.29) is 11.8 Å². The molecule has 156 valence electrons. The summed E-state index contributed by atoms with van der Waals surface area (Å²) in [4.78, 5) is 25.7. The van der Waals surface area contributed by atoms with Gasteiger partial charge >= 0.3 is 5.97 Å². The summed E-state index contributed by atoms with van der Waals surface area (Å²) >= 11 is 6.39. The molecule has 2 aromatic carbocycles. The number of benzene rings is 2. The molecule has 0 saturated heterocycles. The Bertz CT molecular complexity index is 1140. The molecule has 1 aliphatic carbocycles. The average Bonchev–Trinajstić information content (AvgIpc) is 2.94. The van der Waals surface area contributed by atoms with Crippen LogP contribution in [0.5, 0.6) is 5.75 Å². The third-order valence-electron chi connectivity index (χ3n) is 6.23. The van der Waals surface area contributed by atoms with Crippen LogP contribution in [0.3, 0.4) is 0 Å². The molecule has 1 heterocycles. The average molecular weight is 426 g/mol. The lowest BCUT2D eigenvalue weighted by molar-refractivity contribution is -0.141. The maximum atomic E-state index is 13.5. The normalized spacial score (nSPS) is 15.1. The zero-order valence-electron chi connectivity index (χ0n) is 17.2. The Morgan fingerprint density at radius 1 is 1.17 bits per heavy atom. The van der Waals surface area contributed by atoms with Gasteiger partial charge in [-0.3, -0.25) is 14.2 Å². The fraction of sp³-hybridized carbons (Fsp3) is 0.333. The molecule has 1 aromatic heterocycles. The fourth-order valence-electron chi connectivity index (χ4n) is 4.41. The Hall–Kier alpha value is -2.79. The number of fused-ring (bicyclic) bond motifs is 1. The lowest BCUT2D eigenvalue weighted by Gasteiger charge is -2.31. The topological polar surface area (TPSA) is 68.5 Å². The van der Waals surface area contributed by atoms with Crippen molar-refractivity contribution in [3.63, 3.8) is 0 Å². The van der Waals surface area contributed by atoms with Gasteiger partial charge in [0.05, 0.1) is 23.6 Å². The number of carboxylic acids is 1. The molecular weight excluding hydrogens is 402 g/mol. The van der Waals surface area contributed by atoms with E-state index in [1.54, 1.807) is 28.8 Å². The highest BCUT2D eigenvalue weighted by atomic mass is 35.5. The number of rotatable bonds is 5. The molecule has 0 aliphatic heterocycles. The van der Waals surface area contributed by atoms with Crippen LogP contribution >= 0.6 is 11.6 Å². The number of aliphatic carboxylic acids is 1. The molecule has 0 spiro atoms. The first-order valence-electron chi connectivity index (χ1n) is 10.1. The minimum atomic E-state index is -0.862. The van der Waals surface area contributed by atoms with Crippen molar-refractivity contribution in [2.75, 3.05) is 7.11 Å². The van der Waals surface area contributed by atoms with Crippen LogP contribution in [0.4, 0.5) is 0 Å². The molecule has 0 amide bonds. The van der Waals surface area contributed by atoms with Crippen LogP contribution in [0.25, 0.3) is 10.9 Å². The zero-order valence-corrected chi connectivity index (χ0v) is 18.0. The van der Waals surface area contributed by atoms with Crippen molar-refractivity contribution >= 4 is 34.4 Å². The maximum Gasteiger partial charge on any atom is 0.311 e. The van der Waals surface area contributed by atoms with Crippen molar-refractivity contribution in [2.24, 2.45) is 5.92 Å². The van der Waals surface area contributed by atoms with Gasteiger partial charge in [0.2, 0.25) is 0 Å². The van der Waals surface area contributed by atoms with Gasteiger partial charge < -0.3 is 9.84 Å². The summed E-state index contributed by atoms with van der Waals surface area (Å²) in [6, 6.07) is 10.8. The van der Waals surface area contributed by atoms with Crippen LogP contribution in [0.2, 0.25) is 5.02 Å².